The molecular formula is C9H6Cl2N4O. The van der Waals surface area contributed by atoms with Crippen LogP contribution in [-0.4, -0.2) is 19.5 Å². The van der Waals surface area contributed by atoms with Crippen LogP contribution < -0.4 is 5.56 Å². The van der Waals surface area contributed by atoms with Gasteiger partial charge in [-0.2, -0.15) is 0 Å². The normalized spacial score (nSPS) is 10.4. The van der Waals surface area contributed by atoms with E-state index in [1.165, 1.54) is 10.9 Å². The number of aromatic nitrogens is 4. The molecule has 0 N–H and O–H groups in total. The van der Waals surface area contributed by atoms with Crippen molar-refractivity contribution in [3.8, 4) is 0 Å². The van der Waals surface area contributed by atoms with Gasteiger partial charge in [0.2, 0.25) is 0 Å². The zero-order valence-electron chi connectivity index (χ0n) is 7.97. The van der Waals surface area contributed by atoms with Crippen LogP contribution in [0.3, 0.4) is 0 Å². The van der Waals surface area contributed by atoms with Crippen molar-refractivity contribution in [2.24, 2.45) is 0 Å². The van der Waals surface area contributed by atoms with Crippen LogP contribution in [0.5, 0.6) is 0 Å². The van der Waals surface area contributed by atoms with Gasteiger partial charge in [0.15, 0.2) is 5.15 Å². The van der Waals surface area contributed by atoms with E-state index in [-0.39, 0.29) is 16.7 Å². The van der Waals surface area contributed by atoms with Gasteiger partial charge in [-0.05, 0) is 6.07 Å². The van der Waals surface area contributed by atoms with Gasteiger partial charge in [0, 0.05) is 12.4 Å². The Morgan fingerprint density at radius 2 is 1.88 bits per heavy atom. The van der Waals surface area contributed by atoms with Crippen molar-refractivity contribution in [3.05, 3.63) is 51.1 Å². The molecule has 2 heterocycles. The van der Waals surface area contributed by atoms with Crippen molar-refractivity contribution < 1.29 is 0 Å². The Morgan fingerprint density at radius 1 is 1.19 bits per heavy atom. The molecule has 0 aliphatic rings. The number of hydrogen-bond acceptors (Lipinski definition) is 4. The molecule has 2 rings (SSSR count). The standard InChI is InChI=1S/C9H6Cl2N4O/c10-7-8(11)14-5-15(9(7)16)4-6-12-2-1-3-13-6/h1-3,5H,4H2. The highest BCUT2D eigenvalue weighted by atomic mass is 35.5. The Kier molecular flexibility index (Phi) is 3.17. The maximum absolute atomic E-state index is 11.6. The third-order valence-electron chi connectivity index (χ3n) is 1.87. The largest absolute Gasteiger partial charge is 0.290 e. The van der Waals surface area contributed by atoms with E-state index in [0.717, 1.165) is 0 Å². The summed E-state index contributed by atoms with van der Waals surface area (Å²) < 4.78 is 1.30. The fourth-order valence-electron chi connectivity index (χ4n) is 1.12. The quantitative estimate of drug-likeness (QED) is 0.762. The first kappa shape index (κ1) is 11.0. The third kappa shape index (κ3) is 2.20. The molecule has 2 aromatic rings. The van der Waals surface area contributed by atoms with Crippen molar-refractivity contribution in [1.29, 1.82) is 0 Å². The summed E-state index contributed by atoms with van der Waals surface area (Å²) in [5.74, 6) is 0.504. The van der Waals surface area contributed by atoms with Gasteiger partial charge >= 0.3 is 0 Å². The topological polar surface area (TPSA) is 60.7 Å². The predicted molar refractivity (Wildman–Crippen MR) is 59.7 cm³/mol. The van der Waals surface area contributed by atoms with Gasteiger partial charge in [-0.25, -0.2) is 15.0 Å². The lowest BCUT2D eigenvalue weighted by molar-refractivity contribution is 0.697. The molecule has 82 valence electrons. The average molecular weight is 257 g/mol. The molecule has 0 saturated heterocycles. The van der Waals surface area contributed by atoms with Crippen molar-refractivity contribution in [2.45, 2.75) is 6.54 Å². The Bertz CT molecular complexity index is 555. The summed E-state index contributed by atoms with van der Waals surface area (Å²) in [7, 11) is 0. The van der Waals surface area contributed by atoms with Gasteiger partial charge in [0.05, 0.1) is 12.9 Å². The van der Waals surface area contributed by atoms with Gasteiger partial charge in [-0.1, -0.05) is 23.2 Å². The second-order valence-electron chi connectivity index (χ2n) is 2.95. The van der Waals surface area contributed by atoms with E-state index in [0.29, 0.717) is 5.82 Å². The van der Waals surface area contributed by atoms with Crippen LogP contribution in [-0.2, 0) is 6.54 Å². The molecule has 7 heteroatoms. The van der Waals surface area contributed by atoms with Gasteiger partial charge in [-0.3, -0.25) is 9.36 Å². The highest BCUT2D eigenvalue weighted by Crippen LogP contribution is 2.12. The van der Waals surface area contributed by atoms with E-state index in [2.05, 4.69) is 15.0 Å². The van der Waals surface area contributed by atoms with Crippen LogP contribution in [0.25, 0.3) is 0 Å². The van der Waals surface area contributed by atoms with Crippen molar-refractivity contribution in [1.82, 2.24) is 19.5 Å². The summed E-state index contributed by atoms with van der Waals surface area (Å²) in [6, 6.07) is 1.69. The van der Waals surface area contributed by atoms with E-state index in [1.54, 1.807) is 18.5 Å². The molecule has 0 atom stereocenters. The average Bonchev–Trinajstić information content (AvgIpc) is 2.31. The first-order valence-corrected chi connectivity index (χ1v) is 5.10. The summed E-state index contributed by atoms with van der Waals surface area (Å²) in [5, 5.41) is -0.100. The van der Waals surface area contributed by atoms with E-state index >= 15 is 0 Å². The van der Waals surface area contributed by atoms with Gasteiger partial charge < -0.3 is 0 Å². The highest BCUT2D eigenvalue weighted by molar-refractivity contribution is 6.40. The first-order valence-electron chi connectivity index (χ1n) is 4.35. The highest BCUT2D eigenvalue weighted by Gasteiger charge is 2.08. The molecule has 5 nitrogen and oxygen atoms in total. The molecule has 0 spiro atoms. The second kappa shape index (κ2) is 4.59. The number of nitrogens with zero attached hydrogens (tertiary/aromatic N) is 4. The van der Waals surface area contributed by atoms with E-state index in [4.69, 9.17) is 23.2 Å². The summed E-state index contributed by atoms with van der Waals surface area (Å²) in [6.45, 7) is 0.212. The summed E-state index contributed by atoms with van der Waals surface area (Å²) in [4.78, 5) is 23.4. The lowest BCUT2D eigenvalue weighted by atomic mass is 10.5. The zero-order valence-corrected chi connectivity index (χ0v) is 9.48. The predicted octanol–water partition coefficient (Wildman–Crippen LogP) is 1.39. The maximum atomic E-state index is 11.6. The van der Waals surface area contributed by atoms with Crippen LogP contribution in [0.4, 0.5) is 0 Å². The number of rotatable bonds is 2. The van der Waals surface area contributed by atoms with E-state index in [9.17, 15) is 4.79 Å². The Morgan fingerprint density at radius 3 is 2.56 bits per heavy atom. The number of hydrogen-bond donors (Lipinski definition) is 0. The molecule has 0 radical (unpaired) electrons. The molecule has 0 bridgehead atoms. The smallest absolute Gasteiger partial charge is 0.274 e. The fourth-order valence-corrected chi connectivity index (χ4v) is 1.40. The van der Waals surface area contributed by atoms with Gasteiger partial charge in [0.1, 0.15) is 10.8 Å². The summed E-state index contributed by atoms with van der Waals surface area (Å²) in [6.07, 6.45) is 4.50. The second-order valence-corrected chi connectivity index (χ2v) is 3.68. The Labute approximate surface area is 101 Å². The fraction of sp³-hybridized carbons (Fsp3) is 0.111. The van der Waals surface area contributed by atoms with Gasteiger partial charge in [0.25, 0.3) is 5.56 Å². The van der Waals surface area contributed by atoms with Crippen LogP contribution in [0.2, 0.25) is 10.2 Å². The molecule has 0 unspecified atom stereocenters. The van der Waals surface area contributed by atoms with Crippen LogP contribution >= 0.6 is 23.2 Å². The van der Waals surface area contributed by atoms with E-state index < -0.39 is 5.56 Å². The molecule has 2 aromatic heterocycles. The first-order chi connectivity index (χ1) is 7.68. The molecule has 0 aromatic carbocycles. The molecule has 16 heavy (non-hydrogen) atoms. The summed E-state index contributed by atoms with van der Waals surface area (Å²) >= 11 is 11.3. The minimum atomic E-state index is -0.408. The SMILES string of the molecule is O=c1c(Cl)c(Cl)ncn1Cc1ncccn1. The van der Waals surface area contributed by atoms with Crippen molar-refractivity contribution in [3.63, 3.8) is 0 Å². The minimum Gasteiger partial charge on any atom is -0.290 e. The summed E-state index contributed by atoms with van der Waals surface area (Å²) in [5.41, 5.74) is -0.408. The van der Waals surface area contributed by atoms with Crippen LogP contribution in [0.15, 0.2) is 29.6 Å². The number of halogens is 2. The molecule has 0 aliphatic carbocycles. The van der Waals surface area contributed by atoms with Crippen LogP contribution in [0, 0.1) is 0 Å². The molecule has 0 aliphatic heterocycles. The van der Waals surface area contributed by atoms with Crippen LogP contribution in [0.1, 0.15) is 5.82 Å². The van der Waals surface area contributed by atoms with Crippen molar-refractivity contribution in [2.75, 3.05) is 0 Å². The van der Waals surface area contributed by atoms with Crippen molar-refractivity contribution >= 4 is 23.2 Å². The lowest BCUT2D eigenvalue weighted by Crippen LogP contribution is -2.22. The van der Waals surface area contributed by atoms with Gasteiger partial charge in [-0.15, -0.1) is 0 Å². The molecule has 0 amide bonds. The Balaban J connectivity index is 2.37. The molecule has 0 fully saturated rings. The monoisotopic (exact) mass is 256 g/mol. The minimum absolute atomic E-state index is 0.00287. The van der Waals surface area contributed by atoms with E-state index in [1.807, 2.05) is 0 Å². The molecule has 0 saturated carbocycles. The maximum Gasteiger partial charge on any atom is 0.274 e. The Hall–Kier alpha value is -1.46. The zero-order chi connectivity index (χ0) is 11.5. The lowest BCUT2D eigenvalue weighted by Gasteiger charge is -2.04. The third-order valence-corrected chi connectivity index (χ3v) is 2.60. The molecular weight excluding hydrogens is 251 g/mol.